The number of rotatable bonds is 6. The van der Waals surface area contributed by atoms with Gasteiger partial charge in [0.15, 0.2) is 0 Å². The van der Waals surface area contributed by atoms with Gasteiger partial charge in [-0.25, -0.2) is 0 Å². The second-order valence-electron chi connectivity index (χ2n) is 7.04. The van der Waals surface area contributed by atoms with E-state index in [0.717, 1.165) is 11.1 Å². The summed E-state index contributed by atoms with van der Waals surface area (Å²) in [7, 11) is -4.20. The number of amides is 1. The molecule has 168 valence electrons. The van der Waals surface area contributed by atoms with Crippen molar-refractivity contribution < 1.29 is 17.4 Å². The second-order valence-corrected chi connectivity index (χ2v) is 9.46. The van der Waals surface area contributed by atoms with Crippen LogP contribution in [-0.2, 0) is 14.9 Å². The number of nitrogens with one attached hydrogen (secondary N) is 1. The van der Waals surface area contributed by atoms with Gasteiger partial charge in [0.2, 0.25) is 0 Å². The standard InChI is InChI=1S/C24H18Cl2N2O4S/c1-15-4-3-5-22(16(15)2)28-24(29)18(14-27)12-17-13-20(26)8-11-23(17)32-33(30,31)21-9-6-19(25)7-10-21/h3-13H,1-2H3,(H,28,29)/b18-12+. The van der Waals surface area contributed by atoms with E-state index in [0.29, 0.717) is 10.7 Å². The van der Waals surface area contributed by atoms with Gasteiger partial charge in [0.05, 0.1) is 0 Å². The van der Waals surface area contributed by atoms with Crippen LogP contribution in [0, 0.1) is 25.2 Å². The molecule has 33 heavy (non-hydrogen) atoms. The normalized spacial score (nSPS) is 11.5. The molecule has 0 aromatic heterocycles. The van der Waals surface area contributed by atoms with Crippen molar-refractivity contribution in [2.45, 2.75) is 18.7 Å². The third kappa shape index (κ3) is 5.93. The van der Waals surface area contributed by atoms with Gasteiger partial charge in [-0.05, 0) is 79.6 Å². The van der Waals surface area contributed by atoms with Gasteiger partial charge in [-0.2, -0.15) is 13.7 Å². The first-order valence-electron chi connectivity index (χ1n) is 9.59. The number of nitriles is 1. The lowest BCUT2D eigenvalue weighted by molar-refractivity contribution is -0.112. The van der Waals surface area contributed by atoms with Crippen molar-refractivity contribution in [3.8, 4) is 11.8 Å². The lowest BCUT2D eigenvalue weighted by atomic mass is 10.1. The molecule has 0 aliphatic rings. The topological polar surface area (TPSA) is 96.3 Å². The van der Waals surface area contributed by atoms with Crippen LogP contribution in [0.4, 0.5) is 5.69 Å². The first-order valence-corrected chi connectivity index (χ1v) is 11.8. The maximum absolute atomic E-state index is 12.7. The van der Waals surface area contributed by atoms with E-state index in [9.17, 15) is 18.5 Å². The minimum Gasteiger partial charge on any atom is -0.378 e. The number of hydrogen-bond acceptors (Lipinski definition) is 5. The van der Waals surface area contributed by atoms with Crippen molar-refractivity contribution in [1.82, 2.24) is 0 Å². The monoisotopic (exact) mass is 500 g/mol. The fourth-order valence-electron chi connectivity index (χ4n) is 2.86. The Morgan fingerprint density at radius 2 is 1.70 bits per heavy atom. The van der Waals surface area contributed by atoms with Gasteiger partial charge in [0.25, 0.3) is 5.91 Å². The molecule has 0 saturated carbocycles. The lowest BCUT2D eigenvalue weighted by Crippen LogP contribution is -2.15. The van der Waals surface area contributed by atoms with Crippen molar-refractivity contribution >= 4 is 51.0 Å². The summed E-state index contributed by atoms with van der Waals surface area (Å²) in [5.41, 5.74) is 2.30. The zero-order chi connectivity index (χ0) is 24.2. The van der Waals surface area contributed by atoms with E-state index in [2.05, 4.69) is 5.32 Å². The summed E-state index contributed by atoms with van der Waals surface area (Å²) < 4.78 is 30.6. The van der Waals surface area contributed by atoms with Crippen LogP contribution in [-0.4, -0.2) is 14.3 Å². The molecule has 3 aromatic rings. The summed E-state index contributed by atoms with van der Waals surface area (Å²) >= 11 is 11.9. The highest BCUT2D eigenvalue weighted by Crippen LogP contribution is 2.29. The zero-order valence-electron chi connectivity index (χ0n) is 17.6. The van der Waals surface area contributed by atoms with Crippen LogP contribution in [0.1, 0.15) is 16.7 Å². The molecule has 0 spiro atoms. The molecule has 0 atom stereocenters. The summed E-state index contributed by atoms with van der Waals surface area (Å²) in [5, 5.41) is 12.9. The second kappa shape index (κ2) is 10.1. The van der Waals surface area contributed by atoms with Crippen LogP contribution < -0.4 is 9.50 Å². The molecule has 0 aliphatic carbocycles. The zero-order valence-corrected chi connectivity index (χ0v) is 19.9. The number of halogens is 2. The van der Waals surface area contributed by atoms with Crippen LogP contribution >= 0.6 is 23.2 Å². The van der Waals surface area contributed by atoms with E-state index < -0.39 is 16.0 Å². The van der Waals surface area contributed by atoms with E-state index in [1.165, 1.54) is 48.5 Å². The van der Waals surface area contributed by atoms with Crippen molar-refractivity contribution in [1.29, 1.82) is 5.26 Å². The van der Waals surface area contributed by atoms with E-state index in [-0.39, 0.29) is 26.8 Å². The Bertz CT molecular complexity index is 1390. The molecular weight excluding hydrogens is 483 g/mol. The Morgan fingerprint density at radius 1 is 1.03 bits per heavy atom. The number of carbonyl (C=O) groups is 1. The molecule has 0 radical (unpaired) electrons. The molecule has 0 heterocycles. The fourth-order valence-corrected chi connectivity index (χ4v) is 4.12. The molecule has 0 saturated heterocycles. The van der Waals surface area contributed by atoms with Crippen LogP contribution in [0.25, 0.3) is 6.08 Å². The van der Waals surface area contributed by atoms with Gasteiger partial charge in [-0.1, -0.05) is 35.3 Å². The molecular formula is C24H18Cl2N2O4S. The highest BCUT2D eigenvalue weighted by molar-refractivity contribution is 7.87. The average Bonchev–Trinajstić information content (AvgIpc) is 2.77. The van der Waals surface area contributed by atoms with Crippen molar-refractivity contribution in [2.75, 3.05) is 5.32 Å². The Morgan fingerprint density at radius 3 is 2.36 bits per heavy atom. The number of hydrogen-bond donors (Lipinski definition) is 1. The largest absolute Gasteiger partial charge is 0.378 e. The quantitative estimate of drug-likeness (QED) is 0.257. The van der Waals surface area contributed by atoms with Crippen molar-refractivity contribution in [3.05, 3.63) is 93.0 Å². The van der Waals surface area contributed by atoms with Crippen LogP contribution in [0.3, 0.4) is 0 Å². The third-order valence-electron chi connectivity index (χ3n) is 4.79. The highest BCUT2D eigenvalue weighted by Gasteiger charge is 2.20. The molecule has 0 aliphatic heterocycles. The summed E-state index contributed by atoms with van der Waals surface area (Å²) in [6, 6.07) is 16.9. The Labute approximate surface area is 202 Å². The summed E-state index contributed by atoms with van der Waals surface area (Å²) in [4.78, 5) is 12.6. The number of nitrogens with zero attached hydrogens (tertiary/aromatic N) is 1. The van der Waals surface area contributed by atoms with Gasteiger partial charge >= 0.3 is 10.1 Å². The molecule has 6 nitrogen and oxygen atoms in total. The minimum atomic E-state index is -4.20. The van der Waals surface area contributed by atoms with Crippen LogP contribution in [0.5, 0.6) is 5.75 Å². The van der Waals surface area contributed by atoms with Crippen molar-refractivity contribution in [3.63, 3.8) is 0 Å². The molecule has 3 aromatic carbocycles. The van der Waals surface area contributed by atoms with Gasteiger partial charge in [0.1, 0.15) is 22.3 Å². The van der Waals surface area contributed by atoms with Gasteiger partial charge in [0, 0.05) is 21.3 Å². The first kappa shape index (κ1) is 24.3. The van der Waals surface area contributed by atoms with Crippen LogP contribution in [0.2, 0.25) is 10.0 Å². The van der Waals surface area contributed by atoms with Crippen molar-refractivity contribution in [2.24, 2.45) is 0 Å². The predicted octanol–water partition coefficient (Wildman–Crippen LogP) is 5.92. The molecule has 0 fully saturated rings. The summed E-state index contributed by atoms with van der Waals surface area (Å²) in [6.45, 7) is 3.76. The van der Waals surface area contributed by atoms with E-state index in [1.54, 1.807) is 12.1 Å². The number of anilines is 1. The van der Waals surface area contributed by atoms with Crippen LogP contribution in [0.15, 0.2) is 71.1 Å². The Balaban J connectivity index is 1.95. The molecule has 0 bridgehead atoms. The molecule has 9 heteroatoms. The number of carbonyl (C=O) groups excluding carboxylic acids is 1. The number of aryl methyl sites for hydroxylation is 1. The average molecular weight is 501 g/mol. The van der Waals surface area contributed by atoms with Gasteiger partial charge < -0.3 is 9.50 Å². The minimum absolute atomic E-state index is 0.0957. The Kier molecular flexibility index (Phi) is 7.44. The molecule has 1 N–H and O–H groups in total. The SMILES string of the molecule is Cc1cccc(NC(=O)/C(C#N)=C/c2cc(Cl)ccc2OS(=O)(=O)c2ccc(Cl)cc2)c1C. The maximum atomic E-state index is 12.7. The molecule has 1 amide bonds. The molecule has 3 rings (SSSR count). The molecule has 0 unspecified atom stereocenters. The Hall–Kier alpha value is -3.31. The van der Waals surface area contributed by atoms with Gasteiger partial charge in [-0.15, -0.1) is 0 Å². The summed E-state index contributed by atoms with van der Waals surface area (Å²) in [6.07, 6.45) is 1.22. The third-order valence-corrected chi connectivity index (χ3v) is 6.53. The number of benzene rings is 3. The summed E-state index contributed by atoms with van der Waals surface area (Å²) in [5.74, 6) is -0.751. The smallest absolute Gasteiger partial charge is 0.339 e. The predicted molar refractivity (Wildman–Crippen MR) is 129 cm³/mol. The highest BCUT2D eigenvalue weighted by atomic mass is 35.5. The van der Waals surface area contributed by atoms with Gasteiger partial charge in [-0.3, -0.25) is 4.79 Å². The fraction of sp³-hybridized carbons (Fsp3) is 0.0833. The first-order chi connectivity index (χ1) is 15.6. The van der Waals surface area contributed by atoms with E-state index in [1.807, 2.05) is 26.0 Å². The van der Waals surface area contributed by atoms with E-state index >= 15 is 0 Å². The maximum Gasteiger partial charge on any atom is 0.339 e. The van der Waals surface area contributed by atoms with E-state index in [4.69, 9.17) is 27.4 Å². The lowest BCUT2D eigenvalue weighted by Gasteiger charge is -2.12.